The van der Waals surface area contributed by atoms with Gasteiger partial charge in [0.2, 0.25) is 5.91 Å². The highest BCUT2D eigenvalue weighted by Crippen LogP contribution is 2.29. The monoisotopic (exact) mass is 381 g/mol. The number of hydrogen-bond donors (Lipinski definition) is 2. The van der Waals surface area contributed by atoms with Gasteiger partial charge in [0, 0.05) is 56.6 Å². The summed E-state index contributed by atoms with van der Waals surface area (Å²) in [6, 6.07) is 5.54. The van der Waals surface area contributed by atoms with E-state index in [2.05, 4.69) is 15.7 Å². The van der Waals surface area contributed by atoms with Crippen LogP contribution in [0.3, 0.4) is 0 Å². The highest BCUT2D eigenvalue weighted by atomic mass is 16.2. The Labute approximate surface area is 165 Å². The van der Waals surface area contributed by atoms with Crippen molar-refractivity contribution in [3.05, 3.63) is 47.3 Å². The van der Waals surface area contributed by atoms with E-state index < -0.39 is 0 Å². The third-order valence-electron chi connectivity index (χ3n) is 5.83. The summed E-state index contributed by atoms with van der Waals surface area (Å²) in [5, 5.41) is 10.6. The molecule has 2 fully saturated rings. The van der Waals surface area contributed by atoms with E-state index in [4.69, 9.17) is 0 Å². The number of anilines is 1. The Morgan fingerprint density at radius 2 is 2.00 bits per heavy atom. The number of rotatable bonds is 4. The fourth-order valence-electron chi connectivity index (χ4n) is 4.20. The zero-order valence-electron chi connectivity index (χ0n) is 16.4. The summed E-state index contributed by atoms with van der Waals surface area (Å²) in [6.07, 6.45) is 5.96. The molecule has 0 bridgehead atoms. The van der Waals surface area contributed by atoms with E-state index in [1.54, 1.807) is 4.68 Å². The molecule has 2 saturated heterocycles. The average Bonchev–Trinajstić information content (AvgIpc) is 3.43. The predicted molar refractivity (Wildman–Crippen MR) is 107 cm³/mol. The van der Waals surface area contributed by atoms with Crippen LogP contribution >= 0.6 is 0 Å². The number of likely N-dealkylation sites (tertiary alicyclic amines) is 1. The third-order valence-corrected chi connectivity index (χ3v) is 5.83. The summed E-state index contributed by atoms with van der Waals surface area (Å²) in [5.41, 5.74) is 3.44. The zero-order valence-corrected chi connectivity index (χ0v) is 16.4. The minimum absolute atomic E-state index is 0.000530. The molecule has 2 aromatic rings. The number of nitrogens with zero attached hydrogens (tertiary/aromatic N) is 3. The van der Waals surface area contributed by atoms with E-state index in [1.165, 1.54) is 0 Å². The Morgan fingerprint density at radius 3 is 2.68 bits per heavy atom. The quantitative estimate of drug-likeness (QED) is 0.848. The molecule has 1 aromatic carbocycles. The first-order valence-corrected chi connectivity index (χ1v) is 9.93. The summed E-state index contributed by atoms with van der Waals surface area (Å²) in [4.78, 5) is 27.4. The van der Waals surface area contributed by atoms with Gasteiger partial charge >= 0.3 is 0 Å². The van der Waals surface area contributed by atoms with Crippen molar-refractivity contribution < 1.29 is 9.59 Å². The lowest BCUT2D eigenvalue weighted by Gasteiger charge is -2.19. The molecule has 148 valence electrons. The maximum Gasteiger partial charge on any atom is 0.253 e. The van der Waals surface area contributed by atoms with E-state index in [1.807, 2.05) is 49.5 Å². The van der Waals surface area contributed by atoms with Crippen molar-refractivity contribution in [2.75, 3.05) is 31.5 Å². The van der Waals surface area contributed by atoms with Crippen molar-refractivity contribution in [3.63, 3.8) is 0 Å². The van der Waals surface area contributed by atoms with Crippen LogP contribution in [0.1, 0.15) is 40.2 Å². The van der Waals surface area contributed by atoms with Crippen molar-refractivity contribution in [1.29, 1.82) is 0 Å². The summed E-state index contributed by atoms with van der Waals surface area (Å²) in [5.74, 6) is 0.0511. The number of carbonyl (C=O) groups is 2. The number of nitrogens with one attached hydrogen (secondary N) is 2. The SMILES string of the molecule is Cc1cc(C(=O)N2CCCC2)ccc1NC(=O)[C@H]1CNC[C@@H]1c1cnn(C)c1. The Balaban J connectivity index is 1.46. The Morgan fingerprint density at radius 1 is 1.21 bits per heavy atom. The molecule has 0 radical (unpaired) electrons. The molecule has 0 saturated carbocycles. The second kappa shape index (κ2) is 7.75. The second-order valence-corrected chi connectivity index (χ2v) is 7.84. The molecule has 1 aromatic heterocycles. The molecule has 3 heterocycles. The lowest BCUT2D eigenvalue weighted by Crippen LogP contribution is -2.29. The van der Waals surface area contributed by atoms with Gasteiger partial charge in [0.05, 0.1) is 12.1 Å². The molecule has 2 aliphatic rings. The van der Waals surface area contributed by atoms with Crippen LogP contribution in [-0.2, 0) is 11.8 Å². The van der Waals surface area contributed by atoms with E-state index >= 15 is 0 Å². The number of hydrogen-bond acceptors (Lipinski definition) is 4. The largest absolute Gasteiger partial charge is 0.339 e. The Kier molecular flexibility index (Phi) is 5.17. The highest BCUT2D eigenvalue weighted by molar-refractivity contribution is 5.97. The number of amides is 2. The van der Waals surface area contributed by atoms with Crippen molar-refractivity contribution in [1.82, 2.24) is 20.0 Å². The lowest BCUT2D eigenvalue weighted by atomic mass is 9.90. The first-order valence-electron chi connectivity index (χ1n) is 9.93. The van der Waals surface area contributed by atoms with Gasteiger partial charge in [0.1, 0.15) is 0 Å². The highest BCUT2D eigenvalue weighted by Gasteiger charge is 2.35. The van der Waals surface area contributed by atoms with E-state index in [0.717, 1.165) is 49.3 Å². The van der Waals surface area contributed by atoms with Crippen LogP contribution < -0.4 is 10.6 Å². The Bertz CT molecular complexity index is 885. The molecule has 7 heteroatoms. The van der Waals surface area contributed by atoms with Crippen LogP contribution in [0.2, 0.25) is 0 Å². The molecular formula is C21H27N5O2. The van der Waals surface area contributed by atoms with Crippen molar-refractivity contribution in [2.45, 2.75) is 25.7 Å². The molecule has 7 nitrogen and oxygen atoms in total. The van der Waals surface area contributed by atoms with E-state index in [0.29, 0.717) is 12.1 Å². The molecule has 2 aliphatic heterocycles. The van der Waals surface area contributed by atoms with Crippen LogP contribution in [-0.4, -0.2) is 52.7 Å². The minimum atomic E-state index is -0.144. The normalized spacial score (nSPS) is 21.9. The number of aromatic nitrogens is 2. The van der Waals surface area contributed by atoms with Crippen LogP contribution in [0, 0.1) is 12.8 Å². The molecule has 0 spiro atoms. The first kappa shape index (κ1) is 18.7. The molecule has 0 aliphatic carbocycles. The molecule has 2 N–H and O–H groups in total. The van der Waals surface area contributed by atoms with Crippen LogP contribution in [0.4, 0.5) is 5.69 Å². The summed E-state index contributed by atoms with van der Waals surface area (Å²) in [7, 11) is 1.88. The maximum atomic E-state index is 12.9. The summed E-state index contributed by atoms with van der Waals surface area (Å²) < 4.78 is 1.77. The molecule has 2 atom stereocenters. The van der Waals surface area contributed by atoms with Crippen molar-refractivity contribution in [3.8, 4) is 0 Å². The van der Waals surface area contributed by atoms with Gasteiger partial charge in [-0.1, -0.05) is 0 Å². The topological polar surface area (TPSA) is 79.3 Å². The van der Waals surface area contributed by atoms with Gasteiger partial charge in [0.25, 0.3) is 5.91 Å². The smallest absolute Gasteiger partial charge is 0.253 e. The third kappa shape index (κ3) is 3.67. The van der Waals surface area contributed by atoms with Crippen molar-refractivity contribution in [2.24, 2.45) is 13.0 Å². The summed E-state index contributed by atoms with van der Waals surface area (Å²) in [6.45, 7) is 5.02. The molecule has 2 amide bonds. The predicted octanol–water partition coefficient (Wildman–Crippen LogP) is 1.91. The van der Waals surface area contributed by atoms with Crippen LogP contribution in [0.25, 0.3) is 0 Å². The lowest BCUT2D eigenvalue weighted by molar-refractivity contribution is -0.119. The number of carbonyl (C=O) groups excluding carboxylic acids is 2. The van der Waals surface area contributed by atoms with Gasteiger partial charge in [-0.15, -0.1) is 0 Å². The Hall–Kier alpha value is -2.67. The number of benzene rings is 1. The van der Waals surface area contributed by atoms with Gasteiger partial charge < -0.3 is 15.5 Å². The molecule has 28 heavy (non-hydrogen) atoms. The van der Waals surface area contributed by atoms with Gasteiger partial charge in [-0.3, -0.25) is 14.3 Å². The van der Waals surface area contributed by atoms with Crippen LogP contribution in [0.5, 0.6) is 0 Å². The fourth-order valence-corrected chi connectivity index (χ4v) is 4.20. The minimum Gasteiger partial charge on any atom is -0.339 e. The van der Waals surface area contributed by atoms with Gasteiger partial charge in [0.15, 0.2) is 0 Å². The maximum absolute atomic E-state index is 12.9. The second-order valence-electron chi connectivity index (χ2n) is 7.84. The zero-order chi connectivity index (χ0) is 19.7. The fraction of sp³-hybridized carbons (Fsp3) is 0.476. The number of aryl methyl sites for hydroxylation is 2. The van der Waals surface area contributed by atoms with Gasteiger partial charge in [-0.2, -0.15) is 5.10 Å². The molecule has 0 unspecified atom stereocenters. The average molecular weight is 381 g/mol. The van der Waals surface area contributed by atoms with E-state index in [9.17, 15) is 9.59 Å². The molecule has 4 rings (SSSR count). The van der Waals surface area contributed by atoms with Gasteiger partial charge in [-0.05, 0) is 49.1 Å². The van der Waals surface area contributed by atoms with Gasteiger partial charge in [-0.25, -0.2) is 0 Å². The first-order chi connectivity index (χ1) is 13.5. The van der Waals surface area contributed by atoms with E-state index in [-0.39, 0.29) is 23.7 Å². The summed E-state index contributed by atoms with van der Waals surface area (Å²) >= 11 is 0. The standard InChI is InChI=1S/C21H27N5O2/c1-14-9-15(21(28)26-7-3-4-8-26)5-6-19(14)24-20(27)18-12-22-11-17(18)16-10-23-25(2)13-16/h5-6,9-10,13,17-18,22H,3-4,7-8,11-12H2,1-2H3,(H,24,27)/t17-,18+/m1/s1. The van der Waals surface area contributed by atoms with Crippen LogP contribution in [0.15, 0.2) is 30.6 Å². The van der Waals surface area contributed by atoms with Crippen molar-refractivity contribution >= 4 is 17.5 Å². The molecular weight excluding hydrogens is 354 g/mol.